The average molecular weight is 442 g/mol. The third kappa shape index (κ3) is 4.59. The van der Waals surface area contributed by atoms with Crippen LogP contribution in [0.15, 0.2) is 55.1 Å². The van der Waals surface area contributed by atoms with Gasteiger partial charge in [-0.3, -0.25) is 14.8 Å². The second-order valence-corrected chi connectivity index (χ2v) is 7.88. The van der Waals surface area contributed by atoms with Gasteiger partial charge < -0.3 is 16.0 Å². The van der Waals surface area contributed by atoms with Gasteiger partial charge in [0, 0.05) is 55.5 Å². The molecule has 0 aliphatic heterocycles. The number of fused-ring (bicyclic) bond motifs is 1. The molecule has 0 radical (unpaired) electrons. The fourth-order valence-corrected chi connectivity index (χ4v) is 3.80. The highest BCUT2D eigenvalue weighted by atomic mass is 16.1. The summed E-state index contributed by atoms with van der Waals surface area (Å²) in [4.78, 5) is 30.3. The number of pyridine rings is 2. The number of aromatic nitrogens is 4. The van der Waals surface area contributed by atoms with E-state index in [4.69, 9.17) is 0 Å². The third-order valence-electron chi connectivity index (χ3n) is 5.65. The molecule has 3 aromatic heterocycles. The van der Waals surface area contributed by atoms with Gasteiger partial charge in [0.15, 0.2) is 0 Å². The molecule has 0 saturated heterocycles. The second-order valence-electron chi connectivity index (χ2n) is 7.88. The van der Waals surface area contributed by atoms with Crippen molar-refractivity contribution in [1.82, 2.24) is 25.3 Å². The third-order valence-corrected chi connectivity index (χ3v) is 5.65. The highest BCUT2D eigenvalue weighted by molar-refractivity contribution is 6.11. The zero-order valence-electron chi connectivity index (χ0n) is 19.2. The Morgan fingerprint density at radius 3 is 2.61 bits per heavy atom. The van der Waals surface area contributed by atoms with E-state index in [1.807, 2.05) is 43.5 Å². The van der Waals surface area contributed by atoms with E-state index in [9.17, 15) is 4.79 Å². The minimum atomic E-state index is -0.145. The summed E-state index contributed by atoms with van der Waals surface area (Å²) >= 11 is 0. The predicted octanol–water partition coefficient (Wildman–Crippen LogP) is 4.01. The van der Waals surface area contributed by atoms with Crippen molar-refractivity contribution in [3.63, 3.8) is 0 Å². The number of nitrogens with one attached hydrogen (secondary N) is 3. The zero-order chi connectivity index (χ0) is 23.4. The maximum Gasteiger partial charge on any atom is 0.253 e. The smallest absolute Gasteiger partial charge is 0.253 e. The van der Waals surface area contributed by atoms with E-state index in [0.29, 0.717) is 17.8 Å². The SMILES string of the molecule is CNC(=O)c1c(NC)cnc2c([C@H](C)CNc3cc(-c4ccc(C)nc4)ncn3)cccc12. The van der Waals surface area contributed by atoms with E-state index in [2.05, 4.69) is 48.9 Å². The highest BCUT2D eigenvalue weighted by Gasteiger charge is 2.18. The van der Waals surface area contributed by atoms with Crippen LogP contribution in [0.2, 0.25) is 0 Å². The van der Waals surface area contributed by atoms with Gasteiger partial charge in [0.25, 0.3) is 5.91 Å². The first-order valence-corrected chi connectivity index (χ1v) is 10.8. The molecule has 168 valence electrons. The highest BCUT2D eigenvalue weighted by Crippen LogP contribution is 2.30. The van der Waals surface area contributed by atoms with Crippen molar-refractivity contribution in [2.24, 2.45) is 0 Å². The van der Waals surface area contributed by atoms with Crippen LogP contribution in [0.4, 0.5) is 11.5 Å². The van der Waals surface area contributed by atoms with E-state index in [1.165, 1.54) is 0 Å². The molecule has 0 spiro atoms. The number of benzene rings is 1. The summed E-state index contributed by atoms with van der Waals surface area (Å²) in [6, 6.07) is 11.8. The number of carbonyl (C=O) groups is 1. The largest absolute Gasteiger partial charge is 0.386 e. The second kappa shape index (κ2) is 9.60. The van der Waals surface area contributed by atoms with Crippen LogP contribution in [0.5, 0.6) is 0 Å². The Balaban J connectivity index is 1.59. The van der Waals surface area contributed by atoms with Crippen molar-refractivity contribution < 1.29 is 4.79 Å². The fraction of sp³-hybridized carbons (Fsp3) is 0.240. The zero-order valence-corrected chi connectivity index (χ0v) is 19.2. The molecule has 4 aromatic rings. The summed E-state index contributed by atoms with van der Waals surface area (Å²) in [7, 11) is 3.42. The number of hydrogen-bond donors (Lipinski definition) is 3. The number of para-hydroxylation sites is 1. The Bertz CT molecular complexity index is 1290. The quantitative estimate of drug-likeness (QED) is 0.398. The predicted molar refractivity (Wildman–Crippen MR) is 132 cm³/mol. The Morgan fingerprint density at radius 1 is 1.03 bits per heavy atom. The summed E-state index contributed by atoms with van der Waals surface area (Å²) in [5, 5.41) is 10.0. The number of rotatable bonds is 7. The summed E-state index contributed by atoms with van der Waals surface area (Å²) in [5.74, 6) is 0.719. The fourth-order valence-electron chi connectivity index (χ4n) is 3.80. The van der Waals surface area contributed by atoms with Gasteiger partial charge in [-0.05, 0) is 24.6 Å². The lowest BCUT2D eigenvalue weighted by Gasteiger charge is -2.18. The van der Waals surface area contributed by atoms with Crippen LogP contribution in [-0.4, -0.2) is 46.5 Å². The maximum absolute atomic E-state index is 12.6. The molecular formula is C25H27N7O. The van der Waals surface area contributed by atoms with Crippen molar-refractivity contribution in [2.45, 2.75) is 19.8 Å². The number of hydrogen-bond acceptors (Lipinski definition) is 7. The molecule has 0 aliphatic rings. The van der Waals surface area contributed by atoms with Crippen LogP contribution in [-0.2, 0) is 0 Å². The standard InChI is InChI=1S/C25H27N7O/c1-15(11-29-22-10-20(31-14-32-22)17-9-8-16(2)28-12-17)18-6-5-7-19-23(25(33)27-4)21(26-3)13-30-24(18)19/h5-10,12-15,26H,11H2,1-4H3,(H,27,33)(H,29,31,32)/t15-/m1/s1. The Labute approximate surface area is 192 Å². The molecular weight excluding hydrogens is 414 g/mol. The van der Waals surface area contributed by atoms with Gasteiger partial charge in [0.2, 0.25) is 0 Å². The van der Waals surface area contributed by atoms with Crippen molar-refractivity contribution in [2.75, 3.05) is 31.3 Å². The first-order valence-electron chi connectivity index (χ1n) is 10.8. The van der Waals surface area contributed by atoms with Crippen LogP contribution in [0.25, 0.3) is 22.2 Å². The molecule has 8 nitrogen and oxygen atoms in total. The summed E-state index contributed by atoms with van der Waals surface area (Å²) in [5.41, 5.74) is 5.89. The van der Waals surface area contributed by atoms with Gasteiger partial charge in [-0.25, -0.2) is 9.97 Å². The number of anilines is 2. The summed E-state index contributed by atoms with van der Waals surface area (Å²) in [6.45, 7) is 4.73. The maximum atomic E-state index is 12.6. The molecule has 0 bridgehead atoms. The average Bonchev–Trinajstić information content (AvgIpc) is 2.86. The summed E-state index contributed by atoms with van der Waals surface area (Å²) < 4.78 is 0. The molecule has 0 unspecified atom stereocenters. The van der Waals surface area contributed by atoms with E-state index < -0.39 is 0 Å². The molecule has 0 saturated carbocycles. The first kappa shape index (κ1) is 22.1. The van der Waals surface area contributed by atoms with Gasteiger partial charge in [0.05, 0.1) is 28.7 Å². The van der Waals surface area contributed by atoms with Crippen molar-refractivity contribution in [3.05, 3.63) is 71.9 Å². The van der Waals surface area contributed by atoms with Crippen molar-refractivity contribution >= 4 is 28.3 Å². The molecule has 0 aliphatic carbocycles. The molecule has 3 N–H and O–H groups in total. The topological polar surface area (TPSA) is 105 Å². The lowest BCUT2D eigenvalue weighted by atomic mass is 9.95. The van der Waals surface area contributed by atoms with E-state index >= 15 is 0 Å². The van der Waals surface area contributed by atoms with Gasteiger partial charge in [-0.2, -0.15) is 0 Å². The molecule has 33 heavy (non-hydrogen) atoms. The first-order chi connectivity index (χ1) is 16.0. The Kier molecular flexibility index (Phi) is 6.44. The van der Waals surface area contributed by atoms with Gasteiger partial charge >= 0.3 is 0 Å². The van der Waals surface area contributed by atoms with Crippen LogP contribution in [0.3, 0.4) is 0 Å². The number of aryl methyl sites for hydroxylation is 1. The minimum Gasteiger partial charge on any atom is -0.386 e. The van der Waals surface area contributed by atoms with Crippen LogP contribution in [0.1, 0.15) is 34.5 Å². The molecule has 1 atom stereocenters. The van der Waals surface area contributed by atoms with Crippen molar-refractivity contribution in [1.29, 1.82) is 0 Å². The summed E-state index contributed by atoms with van der Waals surface area (Å²) in [6.07, 6.45) is 5.08. The monoisotopic (exact) mass is 441 g/mol. The lowest BCUT2D eigenvalue weighted by Crippen LogP contribution is -2.20. The minimum absolute atomic E-state index is 0.124. The molecule has 0 fully saturated rings. The number of nitrogens with zero attached hydrogens (tertiary/aromatic N) is 4. The van der Waals surface area contributed by atoms with E-state index in [1.54, 1.807) is 26.6 Å². The number of carbonyl (C=O) groups excluding carboxylic acids is 1. The van der Waals surface area contributed by atoms with Gasteiger partial charge in [0.1, 0.15) is 12.1 Å². The molecule has 8 heteroatoms. The van der Waals surface area contributed by atoms with Crippen LogP contribution >= 0.6 is 0 Å². The van der Waals surface area contributed by atoms with Crippen molar-refractivity contribution in [3.8, 4) is 11.3 Å². The van der Waals surface area contributed by atoms with E-state index in [-0.39, 0.29) is 11.8 Å². The van der Waals surface area contributed by atoms with Gasteiger partial charge in [-0.1, -0.05) is 25.1 Å². The normalized spacial score (nSPS) is 11.8. The molecule has 4 rings (SSSR count). The van der Waals surface area contributed by atoms with Gasteiger partial charge in [-0.15, -0.1) is 0 Å². The molecule has 3 heterocycles. The molecule has 1 aromatic carbocycles. The Hall–Kier alpha value is -4.07. The van der Waals surface area contributed by atoms with E-state index in [0.717, 1.165) is 39.2 Å². The lowest BCUT2D eigenvalue weighted by molar-refractivity contribution is 0.0965. The molecule has 1 amide bonds. The van der Waals surface area contributed by atoms with Crippen LogP contribution < -0.4 is 16.0 Å². The van der Waals surface area contributed by atoms with Crippen LogP contribution in [0, 0.1) is 6.92 Å². The number of amides is 1. The Morgan fingerprint density at radius 2 is 1.88 bits per heavy atom.